The maximum absolute atomic E-state index is 12.0. The van der Waals surface area contributed by atoms with E-state index in [2.05, 4.69) is 42.5 Å². The van der Waals surface area contributed by atoms with Gasteiger partial charge in [0.2, 0.25) is 5.91 Å². The predicted octanol–water partition coefficient (Wildman–Crippen LogP) is 3.38. The third-order valence-electron chi connectivity index (χ3n) is 4.19. The Balaban J connectivity index is 0.00000121. The van der Waals surface area contributed by atoms with E-state index in [1.54, 1.807) is 0 Å². The smallest absolute Gasteiger partial charge is 0.227 e. The number of nitrogens with zero attached hydrogens (tertiary/aromatic N) is 1. The van der Waals surface area contributed by atoms with Gasteiger partial charge in [-0.1, -0.05) is 36.4 Å². The first-order chi connectivity index (χ1) is 9.34. The maximum atomic E-state index is 12.0. The van der Waals surface area contributed by atoms with Crippen molar-refractivity contribution in [2.24, 2.45) is 0 Å². The van der Waals surface area contributed by atoms with Crippen molar-refractivity contribution in [2.45, 2.75) is 19.3 Å². The van der Waals surface area contributed by atoms with Crippen LogP contribution in [0.3, 0.4) is 0 Å². The van der Waals surface area contributed by atoms with Crippen LogP contribution in [0.25, 0.3) is 11.1 Å². The second-order valence-electron chi connectivity index (χ2n) is 5.29. The third kappa shape index (κ3) is 1.92. The van der Waals surface area contributed by atoms with Crippen LogP contribution in [0.5, 0.6) is 0 Å². The number of hydrogen-bond donors (Lipinski definition) is 0. The molecule has 1 amide bonds. The van der Waals surface area contributed by atoms with Crippen LogP contribution >= 0.6 is 0 Å². The molecule has 0 unspecified atom stereocenters. The summed E-state index contributed by atoms with van der Waals surface area (Å²) in [5, 5.41) is 0. The second-order valence-corrected chi connectivity index (χ2v) is 5.29. The van der Waals surface area contributed by atoms with Gasteiger partial charge < -0.3 is 4.90 Å². The Morgan fingerprint density at radius 3 is 2.55 bits per heavy atom. The zero-order chi connectivity index (χ0) is 12.8. The molecule has 0 radical (unpaired) electrons. The van der Waals surface area contributed by atoms with Crippen LogP contribution in [0.4, 0.5) is 5.69 Å². The van der Waals surface area contributed by atoms with E-state index in [-0.39, 0.29) is 25.4 Å². The van der Waals surface area contributed by atoms with E-state index >= 15 is 0 Å². The van der Waals surface area contributed by atoms with Gasteiger partial charge in [-0.15, -0.1) is 0 Å². The number of fused-ring (bicyclic) bond motifs is 3. The van der Waals surface area contributed by atoms with Crippen molar-refractivity contribution >= 4 is 11.6 Å². The summed E-state index contributed by atoms with van der Waals surface area (Å²) in [6.07, 6.45) is 2.62. The molecule has 0 aromatic heterocycles. The van der Waals surface area contributed by atoms with E-state index in [9.17, 15) is 4.79 Å². The van der Waals surface area contributed by atoms with E-state index in [0.717, 1.165) is 25.1 Å². The van der Waals surface area contributed by atoms with Gasteiger partial charge in [-0.25, -0.2) is 0 Å². The topological polar surface area (TPSA) is 20.3 Å². The minimum absolute atomic E-state index is 0. The summed E-state index contributed by atoms with van der Waals surface area (Å²) >= 11 is 0. The molecule has 1 saturated heterocycles. The molecule has 3 heteroatoms. The molecule has 0 N–H and O–H groups in total. The van der Waals surface area contributed by atoms with Gasteiger partial charge in [-0.05, 0) is 34.7 Å². The van der Waals surface area contributed by atoms with Crippen LogP contribution in [-0.2, 0) is 30.7 Å². The Morgan fingerprint density at radius 2 is 1.75 bits per heavy atom. The average molecular weight is 350 g/mol. The van der Waals surface area contributed by atoms with Crippen LogP contribution in [0.2, 0.25) is 0 Å². The number of benzene rings is 2. The molecule has 0 bridgehead atoms. The largest absolute Gasteiger partial charge is 0.312 e. The summed E-state index contributed by atoms with van der Waals surface area (Å²) in [6, 6.07) is 14.9. The van der Waals surface area contributed by atoms with E-state index in [1.165, 1.54) is 22.3 Å². The molecule has 0 spiro atoms. The van der Waals surface area contributed by atoms with Crippen molar-refractivity contribution in [3.8, 4) is 11.1 Å². The summed E-state index contributed by atoms with van der Waals surface area (Å²) in [4.78, 5) is 13.9. The van der Waals surface area contributed by atoms with Crippen LogP contribution in [0, 0.1) is 0 Å². The minimum atomic E-state index is 0. The third-order valence-corrected chi connectivity index (χ3v) is 4.19. The molecule has 102 valence electrons. The van der Waals surface area contributed by atoms with Gasteiger partial charge >= 0.3 is 0 Å². The Bertz CT molecular complexity index is 680. The molecule has 2 nitrogen and oxygen atoms in total. The van der Waals surface area contributed by atoms with Gasteiger partial charge in [0, 0.05) is 44.6 Å². The minimum Gasteiger partial charge on any atom is -0.312 e. The first-order valence-corrected chi connectivity index (χ1v) is 6.85. The first-order valence-electron chi connectivity index (χ1n) is 6.85. The van der Waals surface area contributed by atoms with Crippen molar-refractivity contribution in [1.29, 1.82) is 0 Å². The Morgan fingerprint density at radius 1 is 0.950 bits per heavy atom. The Labute approximate surface area is 131 Å². The molecule has 2 aromatic carbocycles. The van der Waals surface area contributed by atoms with Gasteiger partial charge in [0.25, 0.3) is 0 Å². The number of amides is 1. The number of rotatable bonds is 1. The molecule has 0 saturated carbocycles. The molecule has 1 aliphatic heterocycles. The standard InChI is InChI=1S/C17H15NO.Ru/c19-17-9-4-10-18(17)16-8-3-7-14-13-6-2-1-5-12(13)11-15(14)16;/h1-3,5-8H,4,9-11H2;. The van der Waals surface area contributed by atoms with Crippen molar-refractivity contribution in [1.82, 2.24) is 0 Å². The fourth-order valence-corrected chi connectivity index (χ4v) is 3.30. The SMILES string of the molecule is O=C1CCCN1c1cccc2c1Cc1ccccc1-2.[Ru]. The molecule has 2 aromatic rings. The molecule has 2 aliphatic rings. The first kappa shape index (κ1) is 13.5. The summed E-state index contributed by atoms with van der Waals surface area (Å²) in [5.74, 6) is 0.268. The molecule has 0 atom stereocenters. The van der Waals surface area contributed by atoms with E-state index in [0.29, 0.717) is 6.42 Å². The number of anilines is 1. The summed E-state index contributed by atoms with van der Waals surface area (Å²) < 4.78 is 0. The fraction of sp³-hybridized carbons (Fsp3) is 0.235. The van der Waals surface area contributed by atoms with E-state index in [4.69, 9.17) is 0 Å². The zero-order valence-electron chi connectivity index (χ0n) is 11.1. The van der Waals surface area contributed by atoms with Gasteiger partial charge in [0.15, 0.2) is 0 Å². The van der Waals surface area contributed by atoms with Crippen molar-refractivity contribution < 1.29 is 24.3 Å². The molecular formula is C17H15NORu. The van der Waals surface area contributed by atoms with Gasteiger partial charge in [-0.2, -0.15) is 0 Å². The van der Waals surface area contributed by atoms with Crippen LogP contribution in [-0.4, -0.2) is 12.5 Å². The zero-order valence-corrected chi connectivity index (χ0v) is 12.8. The average Bonchev–Trinajstić information content (AvgIpc) is 3.02. The molecular weight excluding hydrogens is 335 g/mol. The predicted molar refractivity (Wildman–Crippen MR) is 76.3 cm³/mol. The second kappa shape index (κ2) is 5.14. The Hall–Kier alpha value is -1.47. The van der Waals surface area contributed by atoms with Crippen molar-refractivity contribution in [2.75, 3.05) is 11.4 Å². The summed E-state index contributed by atoms with van der Waals surface area (Å²) in [5.41, 5.74) is 6.44. The van der Waals surface area contributed by atoms with Crippen molar-refractivity contribution in [3.05, 3.63) is 53.6 Å². The van der Waals surface area contributed by atoms with Crippen LogP contribution in [0.1, 0.15) is 24.0 Å². The number of carbonyl (C=O) groups is 1. The van der Waals surface area contributed by atoms with E-state index < -0.39 is 0 Å². The summed E-state index contributed by atoms with van der Waals surface area (Å²) in [6.45, 7) is 0.867. The number of carbonyl (C=O) groups excluding carboxylic acids is 1. The van der Waals surface area contributed by atoms with Gasteiger partial charge in [0.05, 0.1) is 0 Å². The normalized spacial score (nSPS) is 15.8. The van der Waals surface area contributed by atoms with Crippen LogP contribution < -0.4 is 4.90 Å². The molecule has 1 fully saturated rings. The van der Waals surface area contributed by atoms with E-state index in [1.807, 2.05) is 4.90 Å². The number of hydrogen-bond acceptors (Lipinski definition) is 1. The fourth-order valence-electron chi connectivity index (χ4n) is 3.30. The maximum Gasteiger partial charge on any atom is 0.227 e. The van der Waals surface area contributed by atoms with Gasteiger partial charge in [0.1, 0.15) is 0 Å². The monoisotopic (exact) mass is 351 g/mol. The molecule has 4 rings (SSSR count). The molecule has 1 heterocycles. The van der Waals surface area contributed by atoms with Crippen molar-refractivity contribution in [3.63, 3.8) is 0 Å². The quantitative estimate of drug-likeness (QED) is 0.616. The molecule has 1 aliphatic carbocycles. The molecule has 20 heavy (non-hydrogen) atoms. The van der Waals surface area contributed by atoms with Crippen LogP contribution in [0.15, 0.2) is 42.5 Å². The summed E-state index contributed by atoms with van der Waals surface area (Å²) in [7, 11) is 0. The Kier molecular flexibility index (Phi) is 3.47. The van der Waals surface area contributed by atoms with Gasteiger partial charge in [-0.3, -0.25) is 4.79 Å².